The highest BCUT2D eigenvalue weighted by molar-refractivity contribution is 5.94. The zero-order valence-electron chi connectivity index (χ0n) is 16.9. The number of carboxylic acid groups (broad SMARTS) is 1. The lowest BCUT2D eigenvalue weighted by Gasteiger charge is -2.17. The van der Waals surface area contributed by atoms with Crippen molar-refractivity contribution in [2.24, 2.45) is 0 Å². The highest BCUT2D eigenvalue weighted by atomic mass is 16.4. The molecular formula is C23H25N3O3. The SMILES string of the molecule is Cc1nn(-c2ccc(C(=O)N(C)Cc3ccccc3)cc2)c(C)c1CCC(=O)O. The van der Waals surface area contributed by atoms with E-state index in [4.69, 9.17) is 5.11 Å². The van der Waals surface area contributed by atoms with Crippen molar-refractivity contribution >= 4 is 11.9 Å². The van der Waals surface area contributed by atoms with Gasteiger partial charge in [0.05, 0.1) is 11.4 Å². The van der Waals surface area contributed by atoms with Crippen LogP contribution in [0.15, 0.2) is 54.6 Å². The van der Waals surface area contributed by atoms with Gasteiger partial charge in [-0.3, -0.25) is 9.59 Å². The van der Waals surface area contributed by atoms with Crippen LogP contribution in [-0.4, -0.2) is 38.7 Å². The van der Waals surface area contributed by atoms with E-state index >= 15 is 0 Å². The lowest BCUT2D eigenvalue weighted by molar-refractivity contribution is -0.136. The van der Waals surface area contributed by atoms with Crippen molar-refractivity contribution in [3.63, 3.8) is 0 Å². The first-order valence-corrected chi connectivity index (χ1v) is 9.53. The summed E-state index contributed by atoms with van der Waals surface area (Å²) in [6.07, 6.45) is 0.530. The second-order valence-electron chi connectivity index (χ2n) is 7.15. The van der Waals surface area contributed by atoms with E-state index in [1.165, 1.54) is 0 Å². The van der Waals surface area contributed by atoms with E-state index in [9.17, 15) is 9.59 Å². The summed E-state index contributed by atoms with van der Waals surface area (Å²) in [5, 5.41) is 13.5. The number of carboxylic acids is 1. The molecule has 0 atom stereocenters. The van der Waals surface area contributed by atoms with Crippen LogP contribution in [0, 0.1) is 13.8 Å². The molecule has 29 heavy (non-hydrogen) atoms. The van der Waals surface area contributed by atoms with Gasteiger partial charge in [-0.15, -0.1) is 0 Å². The number of rotatable bonds is 7. The number of carbonyl (C=O) groups is 2. The van der Waals surface area contributed by atoms with Gasteiger partial charge in [0.15, 0.2) is 0 Å². The summed E-state index contributed by atoms with van der Waals surface area (Å²) in [4.78, 5) is 25.3. The first kappa shape index (κ1) is 20.3. The van der Waals surface area contributed by atoms with E-state index in [0.717, 1.165) is 28.2 Å². The number of benzene rings is 2. The molecule has 1 aromatic heterocycles. The quantitative estimate of drug-likeness (QED) is 0.665. The van der Waals surface area contributed by atoms with Gasteiger partial charge in [0.1, 0.15) is 0 Å². The fraction of sp³-hybridized carbons (Fsp3) is 0.261. The molecule has 0 aliphatic heterocycles. The summed E-state index contributed by atoms with van der Waals surface area (Å²) < 4.78 is 1.80. The van der Waals surface area contributed by atoms with Gasteiger partial charge in [-0.2, -0.15) is 5.10 Å². The van der Waals surface area contributed by atoms with Crippen LogP contribution in [0.1, 0.15) is 39.3 Å². The number of carbonyl (C=O) groups excluding carboxylic acids is 1. The van der Waals surface area contributed by atoms with E-state index in [1.54, 1.807) is 28.8 Å². The van der Waals surface area contributed by atoms with Crippen LogP contribution in [0.25, 0.3) is 5.69 Å². The average Bonchev–Trinajstić information content (AvgIpc) is 3.00. The van der Waals surface area contributed by atoms with E-state index in [1.807, 2.05) is 56.3 Å². The normalized spacial score (nSPS) is 10.7. The maximum atomic E-state index is 12.7. The summed E-state index contributed by atoms with van der Waals surface area (Å²) in [7, 11) is 1.79. The zero-order chi connectivity index (χ0) is 21.0. The van der Waals surface area contributed by atoms with Crippen molar-refractivity contribution in [2.75, 3.05) is 7.05 Å². The van der Waals surface area contributed by atoms with E-state index < -0.39 is 5.97 Å². The molecule has 0 bridgehead atoms. The number of aromatic nitrogens is 2. The molecule has 0 spiro atoms. The molecule has 1 amide bonds. The molecule has 0 aliphatic carbocycles. The number of hydrogen-bond donors (Lipinski definition) is 1. The van der Waals surface area contributed by atoms with Crippen LogP contribution in [0.2, 0.25) is 0 Å². The first-order valence-electron chi connectivity index (χ1n) is 9.53. The van der Waals surface area contributed by atoms with Crippen LogP contribution in [0.3, 0.4) is 0 Å². The first-order chi connectivity index (χ1) is 13.9. The fourth-order valence-electron chi connectivity index (χ4n) is 3.41. The van der Waals surface area contributed by atoms with Crippen LogP contribution in [0.5, 0.6) is 0 Å². The minimum atomic E-state index is -0.820. The maximum Gasteiger partial charge on any atom is 0.303 e. The zero-order valence-corrected chi connectivity index (χ0v) is 16.9. The predicted octanol–water partition coefficient (Wildman–Crippen LogP) is 3.78. The minimum Gasteiger partial charge on any atom is -0.481 e. The molecule has 3 aromatic rings. The van der Waals surface area contributed by atoms with Gasteiger partial charge in [-0.25, -0.2) is 4.68 Å². The van der Waals surface area contributed by atoms with Gasteiger partial charge in [-0.1, -0.05) is 30.3 Å². The Morgan fingerprint density at radius 2 is 1.69 bits per heavy atom. The molecule has 6 heteroatoms. The molecule has 0 saturated carbocycles. The van der Waals surface area contributed by atoms with E-state index in [0.29, 0.717) is 18.5 Å². The largest absolute Gasteiger partial charge is 0.481 e. The second kappa shape index (κ2) is 8.73. The summed E-state index contributed by atoms with van der Waals surface area (Å²) in [6, 6.07) is 17.2. The maximum absolute atomic E-state index is 12.7. The summed E-state index contributed by atoms with van der Waals surface area (Å²) in [5.41, 5.74) is 5.23. The van der Waals surface area contributed by atoms with Gasteiger partial charge in [0.2, 0.25) is 0 Å². The molecule has 0 unspecified atom stereocenters. The van der Waals surface area contributed by atoms with Gasteiger partial charge < -0.3 is 10.0 Å². The number of amides is 1. The predicted molar refractivity (Wildman–Crippen MR) is 111 cm³/mol. The monoisotopic (exact) mass is 391 g/mol. The summed E-state index contributed by atoms with van der Waals surface area (Å²) >= 11 is 0. The molecule has 0 radical (unpaired) electrons. The number of aryl methyl sites for hydroxylation is 1. The Labute approximate surface area is 170 Å². The fourth-order valence-corrected chi connectivity index (χ4v) is 3.41. The molecule has 150 valence electrons. The van der Waals surface area contributed by atoms with Gasteiger partial charge >= 0.3 is 5.97 Å². The lowest BCUT2D eigenvalue weighted by atomic mass is 10.1. The third-order valence-electron chi connectivity index (χ3n) is 5.00. The third-order valence-corrected chi connectivity index (χ3v) is 5.00. The molecule has 1 N–H and O–H groups in total. The molecule has 1 heterocycles. The van der Waals surface area contributed by atoms with Crippen molar-refractivity contribution in [1.29, 1.82) is 0 Å². The Kier molecular flexibility index (Phi) is 6.12. The molecule has 6 nitrogen and oxygen atoms in total. The van der Waals surface area contributed by atoms with Crippen LogP contribution in [0.4, 0.5) is 0 Å². The third kappa shape index (κ3) is 4.71. The van der Waals surface area contributed by atoms with Crippen molar-refractivity contribution < 1.29 is 14.7 Å². The molecular weight excluding hydrogens is 366 g/mol. The average molecular weight is 391 g/mol. The lowest BCUT2D eigenvalue weighted by Crippen LogP contribution is -2.26. The topological polar surface area (TPSA) is 75.4 Å². The Hall–Kier alpha value is -3.41. The Morgan fingerprint density at radius 3 is 2.31 bits per heavy atom. The van der Waals surface area contributed by atoms with Gasteiger partial charge in [-0.05, 0) is 55.7 Å². The number of aliphatic carboxylic acids is 1. The smallest absolute Gasteiger partial charge is 0.303 e. The van der Waals surface area contributed by atoms with Gasteiger partial charge in [0.25, 0.3) is 5.91 Å². The number of nitrogens with zero attached hydrogens (tertiary/aromatic N) is 3. The van der Waals surface area contributed by atoms with Crippen molar-refractivity contribution in [1.82, 2.24) is 14.7 Å². The minimum absolute atomic E-state index is 0.0454. The molecule has 0 fully saturated rings. The molecule has 3 rings (SSSR count). The van der Waals surface area contributed by atoms with Crippen molar-refractivity contribution in [3.05, 3.63) is 82.7 Å². The molecule has 2 aromatic carbocycles. The highest BCUT2D eigenvalue weighted by Crippen LogP contribution is 2.20. The standard InChI is InChI=1S/C23H25N3O3/c1-16-21(13-14-22(27)28)17(2)26(24-16)20-11-9-19(10-12-20)23(29)25(3)15-18-7-5-4-6-8-18/h4-12H,13-15H2,1-3H3,(H,27,28). The van der Waals surface area contributed by atoms with Crippen molar-refractivity contribution in [3.8, 4) is 5.69 Å². The van der Waals surface area contributed by atoms with E-state index in [-0.39, 0.29) is 12.3 Å². The molecule has 0 aliphatic rings. The second-order valence-corrected chi connectivity index (χ2v) is 7.15. The van der Waals surface area contributed by atoms with Crippen LogP contribution >= 0.6 is 0 Å². The van der Waals surface area contributed by atoms with Crippen LogP contribution < -0.4 is 0 Å². The van der Waals surface area contributed by atoms with Crippen molar-refractivity contribution in [2.45, 2.75) is 33.2 Å². The Morgan fingerprint density at radius 1 is 1.03 bits per heavy atom. The number of hydrogen-bond acceptors (Lipinski definition) is 3. The molecule has 0 saturated heterocycles. The Bertz CT molecular complexity index is 1010. The Balaban J connectivity index is 1.75. The van der Waals surface area contributed by atoms with Crippen LogP contribution in [-0.2, 0) is 17.8 Å². The van der Waals surface area contributed by atoms with Gasteiger partial charge in [0, 0.05) is 31.3 Å². The highest BCUT2D eigenvalue weighted by Gasteiger charge is 2.16. The summed E-state index contributed by atoms with van der Waals surface area (Å²) in [6.45, 7) is 4.37. The summed E-state index contributed by atoms with van der Waals surface area (Å²) in [5.74, 6) is -0.866. The van der Waals surface area contributed by atoms with E-state index in [2.05, 4.69) is 5.10 Å².